The van der Waals surface area contributed by atoms with Gasteiger partial charge < -0.3 is 0 Å². The summed E-state index contributed by atoms with van der Waals surface area (Å²) in [5, 5.41) is 7.41. The van der Waals surface area contributed by atoms with Crippen molar-refractivity contribution in [3.63, 3.8) is 0 Å². The van der Waals surface area contributed by atoms with Gasteiger partial charge in [0.05, 0.1) is 11.4 Å². The van der Waals surface area contributed by atoms with E-state index in [1.807, 2.05) is 18.3 Å². The van der Waals surface area contributed by atoms with Gasteiger partial charge >= 0.3 is 0 Å². The van der Waals surface area contributed by atoms with Crippen LogP contribution in [0.1, 0.15) is 0 Å². The maximum Gasteiger partial charge on any atom is 0.161 e. The molecule has 0 fully saturated rings. The lowest BCUT2D eigenvalue weighted by atomic mass is 9.91. The third-order valence-corrected chi connectivity index (χ3v) is 8.96. The number of benzene rings is 7. The molecule has 3 heteroatoms. The first-order valence-electron chi connectivity index (χ1n) is 15.5. The topological polar surface area (TPSA) is 38.7 Å². The Morgan fingerprint density at radius 3 is 1.78 bits per heavy atom. The van der Waals surface area contributed by atoms with Crippen molar-refractivity contribution in [2.75, 3.05) is 0 Å². The van der Waals surface area contributed by atoms with Crippen molar-refractivity contribution < 1.29 is 0 Å². The van der Waals surface area contributed by atoms with Gasteiger partial charge in [0, 0.05) is 34.6 Å². The molecule has 46 heavy (non-hydrogen) atoms. The summed E-state index contributed by atoms with van der Waals surface area (Å²) in [5.41, 5.74) is 9.36. The molecule has 2 aromatic heterocycles. The molecule has 2 heterocycles. The SMILES string of the molecule is c1ccc(-c2ccc(-c3cc(-c4ccccc4-c4cccnc4)nc(-c4ccc5ccc6cccc7ccc4c5c67)n3)cc2)cc1. The van der Waals surface area contributed by atoms with Crippen LogP contribution in [-0.2, 0) is 0 Å². The van der Waals surface area contributed by atoms with E-state index in [1.54, 1.807) is 6.20 Å². The maximum atomic E-state index is 5.30. The van der Waals surface area contributed by atoms with Crippen LogP contribution >= 0.6 is 0 Å². The van der Waals surface area contributed by atoms with Gasteiger partial charge in [0.1, 0.15) is 0 Å². The van der Waals surface area contributed by atoms with Crippen LogP contribution in [-0.4, -0.2) is 15.0 Å². The summed E-state index contributed by atoms with van der Waals surface area (Å²) in [6.07, 6.45) is 3.71. The van der Waals surface area contributed by atoms with Gasteiger partial charge in [0.25, 0.3) is 0 Å². The molecule has 0 aliphatic rings. The fraction of sp³-hybridized carbons (Fsp3) is 0. The van der Waals surface area contributed by atoms with Crippen molar-refractivity contribution in [3.05, 3.63) is 164 Å². The average Bonchev–Trinajstić information content (AvgIpc) is 3.14. The molecule has 0 aliphatic heterocycles. The number of rotatable bonds is 5. The molecule has 0 amide bonds. The van der Waals surface area contributed by atoms with Gasteiger partial charge in [-0.25, -0.2) is 9.97 Å². The van der Waals surface area contributed by atoms with E-state index in [9.17, 15) is 0 Å². The number of nitrogens with zero attached hydrogens (tertiary/aromatic N) is 3. The molecule has 0 N–H and O–H groups in total. The fourth-order valence-electron chi connectivity index (χ4n) is 6.73. The lowest BCUT2D eigenvalue weighted by Crippen LogP contribution is -1.98. The molecule has 0 bridgehead atoms. The maximum absolute atomic E-state index is 5.30. The number of hydrogen-bond donors (Lipinski definition) is 0. The number of hydrogen-bond acceptors (Lipinski definition) is 3. The quantitative estimate of drug-likeness (QED) is 0.189. The van der Waals surface area contributed by atoms with Crippen molar-refractivity contribution in [2.24, 2.45) is 0 Å². The Morgan fingerprint density at radius 1 is 0.370 bits per heavy atom. The number of aromatic nitrogens is 3. The third kappa shape index (κ3) is 4.41. The summed E-state index contributed by atoms with van der Waals surface area (Å²) >= 11 is 0. The zero-order valence-electron chi connectivity index (χ0n) is 24.9. The van der Waals surface area contributed by atoms with E-state index in [2.05, 4.69) is 145 Å². The smallest absolute Gasteiger partial charge is 0.161 e. The minimum absolute atomic E-state index is 0.707. The first-order chi connectivity index (χ1) is 22.8. The predicted octanol–water partition coefficient (Wildman–Crippen LogP) is 11.1. The van der Waals surface area contributed by atoms with Crippen LogP contribution in [0, 0.1) is 0 Å². The van der Waals surface area contributed by atoms with Gasteiger partial charge in [-0.05, 0) is 67.2 Å². The molecule has 9 aromatic rings. The van der Waals surface area contributed by atoms with Crippen LogP contribution in [0.15, 0.2) is 164 Å². The molecular weight excluding hydrogens is 558 g/mol. The van der Waals surface area contributed by atoms with E-state index in [4.69, 9.17) is 9.97 Å². The van der Waals surface area contributed by atoms with Crippen molar-refractivity contribution in [2.45, 2.75) is 0 Å². The monoisotopic (exact) mass is 585 g/mol. The second kappa shape index (κ2) is 10.8. The van der Waals surface area contributed by atoms with Crippen molar-refractivity contribution >= 4 is 32.3 Å². The van der Waals surface area contributed by atoms with Crippen LogP contribution < -0.4 is 0 Å². The Morgan fingerprint density at radius 2 is 1.00 bits per heavy atom. The summed E-state index contributed by atoms with van der Waals surface area (Å²) < 4.78 is 0. The average molecular weight is 586 g/mol. The number of pyridine rings is 1. The van der Waals surface area contributed by atoms with Crippen LogP contribution in [0.5, 0.6) is 0 Å². The summed E-state index contributed by atoms with van der Waals surface area (Å²) in [6, 6.07) is 53.5. The lowest BCUT2D eigenvalue weighted by Gasteiger charge is -2.16. The highest BCUT2D eigenvalue weighted by Gasteiger charge is 2.18. The summed E-state index contributed by atoms with van der Waals surface area (Å²) in [5.74, 6) is 0.707. The Bertz CT molecular complexity index is 2490. The van der Waals surface area contributed by atoms with Gasteiger partial charge in [-0.1, -0.05) is 133 Å². The third-order valence-electron chi connectivity index (χ3n) is 8.96. The van der Waals surface area contributed by atoms with Crippen molar-refractivity contribution in [1.82, 2.24) is 15.0 Å². The van der Waals surface area contributed by atoms with E-state index >= 15 is 0 Å². The van der Waals surface area contributed by atoms with Gasteiger partial charge in [-0.15, -0.1) is 0 Å². The van der Waals surface area contributed by atoms with Crippen LogP contribution in [0.4, 0.5) is 0 Å². The molecule has 0 saturated heterocycles. The van der Waals surface area contributed by atoms with E-state index in [0.717, 1.165) is 44.6 Å². The minimum atomic E-state index is 0.707. The van der Waals surface area contributed by atoms with Gasteiger partial charge in [0.2, 0.25) is 0 Å². The zero-order chi connectivity index (χ0) is 30.5. The minimum Gasteiger partial charge on any atom is -0.264 e. The Labute approximate surface area is 266 Å². The van der Waals surface area contributed by atoms with Crippen LogP contribution in [0.25, 0.3) is 88.5 Å². The standard InChI is InChI=1S/C43H27N3/c1-2-8-28(9-3-1)29-15-17-30(18-16-29)39-26-40(36-14-5-4-13-35(36)34-12-7-25-44-27-34)46-43(45-39)38-24-22-33-20-19-31-10-6-11-32-21-23-37(38)42(33)41(31)32/h1-27H. The molecule has 3 nitrogen and oxygen atoms in total. The van der Waals surface area contributed by atoms with Crippen LogP contribution in [0.3, 0.4) is 0 Å². The molecule has 9 rings (SSSR count). The molecule has 0 saturated carbocycles. The molecule has 0 atom stereocenters. The van der Waals surface area contributed by atoms with E-state index in [-0.39, 0.29) is 0 Å². The second-order valence-electron chi connectivity index (χ2n) is 11.7. The first-order valence-corrected chi connectivity index (χ1v) is 15.5. The molecule has 0 spiro atoms. The highest BCUT2D eigenvalue weighted by Crippen LogP contribution is 2.40. The Kier molecular flexibility index (Phi) is 6.14. The van der Waals surface area contributed by atoms with Gasteiger partial charge in [0.15, 0.2) is 5.82 Å². The summed E-state index contributed by atoms with van der Waals surface area (Å²) in [7, 11) is 0. The fourth-order valence-corrected chi connectivity index (χ4v) is 6.73. The molecular formula is C43H27N3. The second-order valence-corrected chi connectivity index (χ2v) is 11.7. The zero-order valence-corrected chi connectivity index (χ0v) is 24.9. The van der Waals surface area contributed by atoms with E-state index < -0.39 is 0 Å². The predicted molar refractivity (Wildman–Crippen MR) is 191 cm³/mol. The Hall–Kier alpha value is -6.19. The normalized spacial score (nSPS) is 11.5. The van der Waals surface area contributed by atoms with Crippen molar-refractivity contribution in [1.29, 1.82) is 0 Å². The summed E-state index contributed by atoms with van der Waals surface area (Å²) in [4.78, 5) is 15.0. The van der Waals surface area contributed by atoms with Gasteiger partial charge in [-0.3, -0.25) is 4.98 Å². The van der Waals surface area contributed by atoms with E-state index in [0.29, 0.717) is 5.82 Å². The highest BCUT2D eigenvalue weighted by molar-refractivity contribution is 6.25. The summed E-state index contributed by atoms with van der Waals surface area (Å²) in [6.45, 7) is 0. The molecule has 0 unspecified atom stereocenters. The van der Waals surface area contributed by atoms with Crippen LogP contribution in [0.2, 0.25) is 0 Å². The highest BCUT2D eigenvalue weighted by atomic mass is 14.9. The van der Waals surface area contributed by atoms with E-state index in [1.165, 1.54) is 38.1 Å². The van der Waals surface area contributed by atoms with Crippen molar-refractivity contribution in [3.8, 4) is 56.2 Å². The molecule has 0 radical (unpaired) electrons. The molecule has 214 valence electrons. The molecule has 0 aliphatic carbocycles. The lowest BCUT2D eigenvalue weighted by molar-refractivity contribution is 1.19. The largest absolute Gasteiger partial charge is 0.264 e. The van der Waals surface area contributed by atoms with Gasteiger partial charge in [-0.2, -0.15) is 0 Å². The molecule has 7 aromatic carbocycles. The Balaban J connectivity index is 1.28. The first kappa shape index (κ1) is 26.2.